The summed E-state index contributed by atoms with van der Waals surface area (Å²) in [7, 11) is 5.12. The molecule has 13 heteroatoms. The molecule has 0 aliphatic carbocycles. The molecule has 0 fully saturated rings. The first-order valence-electron chi connectivity index (χ1n) is 20.6. The highest BCUT2D eigenvalue weighted by Gasteiger charge is 2.29. The van der Waals surface area contributed by atoms with Crippen LogP contribution in [0.5, 0.6) is 0 Å². The zero-order valence-corrected chi connectivity index (χ0v) is 36.4. The molecule has 2 unspecified atom stereocenters. The predicted octanol–water partition coefficient (Wildman–Crippen LogP) is 6.97. The number of rotatable bonds is 22. The number of carbonyl (C=O) groups is 1. The van der Waals surface area contributed by atoms with E-state index in [1.807, 2.05) is 20.9 Å². The van der Waals surface area contributed by atoms with Crippen LogP contribution in [0.15, 0.2) is 18.2 Å². The zero-order chi connectivity index (χ0) is 41.8. The fourth-order valence-corrected chi connectivity index (χ4v) is 7.55. The topological polar surface area (TPSA) is 142 Å². The van der Waals surface area contributed by atoms with Crippen LogP contribution in [0.2, 0.25) is 0 Å². The van der Waals surface area contributed by atoms with Gasteiger partial charge in [-0.3, -0.25) is 9.78 Å². The van der Waals surface area contributed by atoms with Crippen molar-refractivity contribution in [2.75, 3.05) is 100 Å². The Kier molecular flexibility index (Phi) is 17.0. The molecule has 58 heavy (non-hydrogen) atoms. The van der Waals surface area contributed by atoms with Gasteiger partial charge in [-0.1, -0.05) is 13.8 Å². The van der Waals surface area contributed by atoms with E-state index < -0.39 is 0 Å². The number of aryl methyl sites for hydroxylation is 3. The molecule has 318 valence electrons. The smallest absolute Gasteiger partial charge is 0.256 e. The molecule has 3 aromatic heterocycles. The number of fused-ring (bicyclic) bond motifs is 8. The van der Waals surface area contributed by atoms with Crippen LogP contribution in [0.3, 0.4) is 0 Å². The first-order chi connectivity index (χ1) is 28.0. The van der Waals surface area contributed by atoms with Gasteiger partial charge in [0.1, 0.15) is 0 Å². The Hall–Kier alpha value is -3.95. The molecule has 1 amide bonds. The van der Waals surface area contributed by atoms with Crippen molar-refractivity contribution in [3.63, 3.8) is 0 Å². The van der Waals surface area contributed by atoms with E-state index in [1.165, 1.54) is 5.56 Å². The van der Waals surface area contributed by atoms with Crippen molar-refractivity contribution in [1.82, 2.24) is 24.8 Å². The van der Waals surface area contributed by atoms with Gasteiger partial charge in [0.05, 0.1) is 95.7 Å². The van der Waals surface area contributed by atoms with Gasteiger partial charge in [0, 0.05) is 72.7 Å². The molecule has 0 saturated heterocycles. The van der Waals surface area contributed by atoms with Crippen LogP contribution in [-0.2, 0) is 50.8 Å². The molecule has 0 aromatic carbocycles. The quantitative estimate of drug-likeness (QED) is 0.102. The summed E-state index contributed by atoms with van der Waals surface area (Å²) >= 11 is 0. The maximum atomic E-state index is 14.3. The molecule has 13 nitrogen and oxygen atoms in total. The van der Waals surface area contributed by atoms with Crippen LogP contribution >= 0.6 is 0 Å². The SMILES string of the molecule is CCc1c(C)c2cc3[nH]c(cc4nc(c(C)c5nc(cc1[nH]2)C(C)=C5C(=O)N(C)CCOCCOCCOC)CC4C)c(C)c3C(C)OCCOCCOCCOC. The Morgan fingerprint density at radius 3 is 1.98 bits per heavy atom. The second kappa shape index (κ2) is 21.9. The van der Waals surface area contributed by atoms with E-state index in [0.29, 0.717) is 90.5 Å². The molecule has 2 atom stereocenters. The molecule has 2 N–H and O–H groups in total. The van der Waals surface area contributed by atoms with E-state index in [9.17, 15) is 4.79 Å². The monoisotopic (exact) mass is 803 g/mol. The van der Waals surface area contributed by atoms with Crippen molar-refractivity contribution in [3.05, 3.63) is 68.8 Å². The number of ether oxygens (including phenoxy) is 7. The fourth-order valence-electron chi connectivity index (χ4n) is 7.55. The van der Waals surface area contributed by atoms with Crippen LogP contribution in [0, 0.1) is 20.8 Å². The van der Waals surface area contributed by atoms with Gasteiger partial charge in [-0.15, -0.1) is 0 Å². The number of nitrogens with zero attached hydrogens (tertiary/aromatic N) is 3. The van der Waals surface area contributed by atoms with E-state index in [0.717, 1.165) is 79.8 Å². The molecule has 2 aliphatic heterocycles. The number of amides is 1. The summed E-state index contributed by atoms with van der Waals surface area (Å²) in [6.45, 7) is 20.7. The molecular formula is C45H65N5O8. The average molecular weight is 804 g/mol. The predicted molar refractivity (Wildman–Crippen MR) is 228 cm³/mol. The number of hydrogen-bond donors (Lipinski definition) is 2. The summed E-state index contributed by atoms with van der Waals surface area (Å²) in [5, 5.41) is 0. The molecule has 0 saturated carbocycles. The van der Waals surface area contributed by atoms with Crippen molar-refractivity contribution in [2.45, 2.75) is 73.3 Å². The van der Waals surface area contributed by atoms with E-state index >= 15 is 0 Å². The Balaban J connectivity index is 1.53. The third kappa shape index (κ3) is 11.0. The van der Waals surface area contributed by atoms with Crippen LogP contribution in [0.1, 0.15) is 90.3 Å². The highest BCUT2D eigenvalue weighted by molar-refractivity contribution is 6.27. The average Bonchev–Trinajstić information content (AvgIpc) is 3.92. The van der Waals surface area contributed by atoms with E-state index in [1.54, 1.807) is 19.1 Å². The van der Waals surface area contributed by atoms with Crippen molar-refractivity contribution in [3.8, 4) is 0 Å². The summed E-state index contributed by atoms with van der Waals surface area (Å²) in [6, 6.07) is 6.45. The van der Waals surface area contributed by atoms with Crippen molar-refractivity contribution in [1.29, 1.82) is 0 Å². The lowest BCUT2D eigenvalue weighted by atomic mass is 9.98. The lowest BCUT2D eigenvalue weighted by Crippen LogP contribution is -2.31. The van der Waals surface area contributed by atoms with E-state index in [-0.39, 0.29) is 17.9 Å². The number of H-pyrrole nitrogens is 2. The molecule has 2 aliphatic rings. The van der Waals surface area contributed by atoms with Crippen molar-refractivity contribution in [2.24, 2.45) is 0 Å². The van der Waals surface area contributed by atoms with Crippen LogP contribution in [0.25, 0.3) is 33.2 Å². The number of hydrogen-bond acceptors (Lipinski definition) is 10. The van der Waals surface area contributed by atoms with Gasteiger partial charge in [-0.05, 0) is 93.5 Å². The second-order valence-corrected chi connectivity index (χ2v) is 15.1. The summed E-state index contributed by atoms with van der Waals surface area (Å²) < 4.78 is 39.0. The number of nitrogens with one attached hydrogen (secondary N) is 2. The highest BCUT2D eigenvalue weighted by atomic mass is 16.6. The Morgan fingerprint density at radius 2 is 1.34 bits per heavy atom. The van der Waals surface area contributed by atoms with Gasteiger partial charge in [0.2, 0.25) is 0 Å². The molecule has 3 aromatic rings. The van der Waals surface area contributed by atoms with Crippen molar-refractivity contribution >= 4 is 39.1 Å². The minimum atomic E-state index is -0.198. The lowest BCUT2D eigenvalue weighted by molar-refractivity contribution is -0.124. The number of aromatic amines is 2. The third-order valence-electron chi connectivity index (χ3n) is 11.1. The van der Waals surface area contributed by atoms with Crippen LogP contribution in [0.4, 0.5) is 0 Å². The zero-order valence-electron chi connectivity index (χ0n) is 36.4. The maximum Gasteiger partial charge on any atom is 0.256 e. The molecular weight excluding hydrogens is 739 g/mol. The lowest BCUT2D eigenvalue weighted by Gasteiger charge is -2.19. The highest BCUT2D eigenvalue weighted by Crippen LogP contribution is 2.37. The summed E-state index contributed by atoms with van der Waals surface area (Å²) in [4.78, 5) is 33.9. The largest absolute Gasteiger partial charge is 0.382 e. The van der Waals surface area contributed by atoms with Gasteiger partial charge in [0.25, 0.3) is 5.91 Å². The number of aromatic nitrogens is 4. The maximum absolute atomic E-state index is 14.3. The van der Waals surface area contributed by atoms with Crippen molar-refractivity contribution < 1.29 is 38.0 Å². The van der Waals surface area contributed by atoms with Gasteiger partial charge in [-0.2, -0.15) is 0 Å². The fraction of sp³-hybridized carbons (Fsp3) is 0.578. The second-order valence-electron chi connectivity index (χ2n) is 15.1. The van der Waals surface area contributed by atoms with Gasteiger partial charge in [-0.25, -0.2) is 4.98 Å². The molecule has 5 heterocycles. The summed E-state index contributed by atoms with van der Waals surface area (Å²) in [5.74, 6) is 0.0752. The van der Waals surface area contributed by atoms with Crippen LogP contribution in [-0.4, -0.2) is 131 Å². The standard InChI is InChI=1S/C45H65N5O8/c1-11-34-29(3)37-27-41-42(33(7)58-23-22-57-21-20-56-17-15-53-10)30(4)38(48-41)25-35-28(2)24-36(46-35)32(6)44-43(31(5)39(49-44)26-40(34)47-37)45(51)50(8)12-13-54-18-19-55-16-14-52-9/h25-28,33,47-48H,11-24H2,1-10H3. The molecule has 0 radical (unpaired) electrons. The van der Waals surface area contributed by atoms with Gasteiger partial charge >= 0.3 is 0 Å². The summed E-state index contributed by atoms with van der Waals surface area (Å²) in [5.41, 5.74) is 14.2. The molecule has 8 bridgehead atoms. The third-order valence-corrected chi connectivity index (χ3v) is 11.1. The van der Waals surface area contributed by atoms with E-state index in [2.05, 4.69) is 62.8 Å². The minimum Gasteiger partial charge on any atom is -0.382 e. The molecule has 5 rings (SSSR count). The first kappa shape index (κ1) is 45.1. The molecule has 0 spiro atoms. The van der Waals surface area contributed by atoms with Gasteiger partial charge in [0.15, 0.2) is 0 Å². The number of carbonyl (C=O) groups excluding carboxylic acids is 1. The number of allylic oxidation sites excluding steroid dienone is 1. The van der Waals surface area contributed by atoms with Gasteiger partial charge < -0.3 is 48.0 Å². The summed E-state index contributed by atoms with van der Waals surface area (Å²) in [6.07, 6.45) is 1.37. The number of likely N-dealkylation sites (N-methyl/N-ethyl adjacent to an activating group) is 1. The Bertz CT molecular complexity index is 2050. The van der Waals surface area contributed by atoms with E-state index in [4.69, 9.17) is 43.1 Å². The first-order valence-corrected chi connectivity index (χ1v) is 20.6. The Morgan fingerprint density at radius 1 is 0.759 bits per heavy atom. The van der Waals surface area contributed by atoms with Crippen LogP contribution < -0.4 is 0 Å². The minimum absolute atomic E-state index is 0.0942. The number of methoxy groups -OCH3 is 2. The Labute approximate surface area is 343 Å². The normalized spacial score (nSPS) is 14.8.